The summed E-state index contributed by atoms with van der Waals surface area (Å²) in [6.45, 7) is 6.12. The monoisotopic (exact) mass is 202 g/mol. The van der Waals surface area contributed by atoms with E-state index in [1.165, 1.54) is 0 Å². The van der Waals surface area contributed by atoms with Gasteiger partial charge in [0, 0.05) is 12.7 Å². The molecule has 0 aromatic carbocycles. The number of aryl methyl sites for hydroxylation is 2. The lowest BCUT2D eigenvalue weighted by atomic mass is 10.1. The second-order valence-corrected chi connectivity index (χ2v) is 4.30. The van der Waals surface area contributed by atoms with Gasteiger partial charge in [0.1, 0.15) is 0 Å². The van der Waals surface area contributed by atoms with Crippen LogP contribution in [0.3, 0.4) is 0 Å². The van der Waals surface area contributed by atoms with Crippen LogP contribution in [-0.2, 0) is 6.54 Å². The van der Waals surface area contributed by atoms with E-state index in [-0.39, 0.29) is 0 Å². The zero-order chi connectivity index (χ0) is 10.1. The standard InChI is InChI=1S/C9H15ClN2O/c1-7-8(10)6-12(11-7)5-4-9(2,3)13/h6,13H,4-5H2,1-3H3. The molecule has 0 saturated carbocycles. The van der Waals surface area contributed by atoms with Crippen molar-refractivity contribution < 1.29 is 5.11 Å². The first-order chi connectivity index (χ1) is 5.88. The highest BCUT2D eigenvalue weighted by Gasteiger charge is 2.12. The summed E-state index contributed by atoms with van der Waals surface area (Å²) in [7, 11) is 0. The fourth-order valence-corrected chi connectivity index (χ4v) is 1.15. The van der Waals surface area contributed by atoms with Crippen molar-refractivity contribution >= 4 is 11.6 Å². The van der Waals surface area contributed by atoms with Crippen molar-refractivity contribution in [2.75, 3.05) is 0 Å². The zero-order valence-corrected chi connectivity index (χ0v) is 8.97. The van der Waals surface area contributed by atoms with E-state index in [0.717, 1.165) is 5.69 Å². The van der Waals surface area contributed by atoms with Crippen molar-refractivity contribution in [1.82, 2.24) is 9.78 Å². The molecule has 0 amide bonds. The van der Waals surface area contributed by atoms with Crippen molar-refractivity contribution in [2.45, 2.75) is 39.3 Å². The van der Waals surface area contributed by atoms with E-state index in [0.29, 0.717) is 18.0 Å². The van der Waals surface area contributed by atoms with Crippen LogP contribution >= 0.6 is 11.6 Å². The van der Waals surface area contributed by atoms with Crippen molar-refractivity contribution in [3.63, 3.8) is 0 Å². The number of rotatable bonds is 3. The van der Waals surface area contributed by atoms with Gasteiger partial charge >= 0.3 is 0 Å². The lowest BCUT2D eigenvalue weighted by Crippen LogP contribution is -2.21. The van der Waals surface area contributed by atoms with E-state index in [4.69, 9.17) is 11.6 Å². The topological polar surface area (TPSA) is 38.0 Å². The second-order valence-electron chi connectivity index (χ2n) is 3.89. The molecule has 1 N–H and O–H groups in total. The Hall–Kier alpha value is -0.540. The van der Waals surface area contributed by atoms with Crippen LogP contribution in [0.1, 0.15) is 26.0 Å². The van der Waals surface area contributed by atoms with Gasteiger partial charge in [-0.1, -0.05) is 11.6 Å². The Bertz CT molecular complexity index is 269. The normalized spacial score (nSPS) is 12.1. The Morgan fingerprint density at radius 3 is 2.62 bits per heavy atom. The Morgan fingerprint density at radius 1 is 1.62 bits per heavy atom. The summed E-state index contributed by atoms with van der Waals surface area (Å²) in [5.74, 6) is 0. The first-order valence-corrected chi connectivity index (χ1v) is 4.68. The third-order valence-electron chi connectivity index (χ3n) is 1.84. The number of halogens is 1. The summed E-state index contributed by atoms with van der Waals surface area (Å²) >= 11 is 5.83. The lowest BCUT2D eigenvalue weighted by Gasteiger charge is -2.16. The van der Waals surface area contributed by atoms with E-state index >= 15 is 0 Å². The van der Waals surface area contributed by atoms with E-state index in [9.17, 15) is 5.11 Å². The summed E-state index contributed by atoms with van der Waals surface area (Å²) in [5, 5.41) is 14.3. The fourth-order valence-electron chi connectivity index (χ4n) is 0.996. The molecule has 4 heteroatoms. The molecule has 0 spiro atoms. The smallest absolute Gasteiger partial charge is 0.0814 e. The van der Waals surface area contributed by atoms with Gasteiger partial charge in [0.2, 0.25) is 0 Å². The molecule has 0 aliphatic carbocycles. The Kier molecular flexibility index (Phi) is 2.98. The summed E-state index contributed by atoms with van der Waals surface area (Å²) in [6.07, 6.45) is 2.45. The minimum atomic E-state index is -0.646. The Morgan fingerprint density at radius 2 is 2.23 bits per heavy atom. The number of hydrogen-bond acceptors (Lipinski definition) is 2. The van der Waals surface area contributed by atoms with Gasteiger partial charge in [-0.3, -0.25) is 4.68 Å². The van der Waals surface area contributed by atoms with Gasteiger partial charge in [0.25, 0.3) is 0 Å². The van der Waals surface area contributed by atoms with Gasteiger partial charge in [-0.25, -0.2) is 0 Å². The first-order valence-electron chi connectivity index (χ1n) is 4.30. The van der Waals surface area contributed by atoms with Crippen LogP contribution < -0.4 is 0 Å². The van der Waals surface area contributed by atoms with Crippen LogP contribution in [0, 0.1) is 6.92 Å². The van der Waals surface area contributed by atoms with Gasteiger partial charge in [-0.15, -0.1) is 0 Å². The minimum Gasteiger partial charge on any atom is -0.390 e. The SMILES string of the molecule is Cc1nn(CCC(C)(C)O)cc1Cl. The lowest BCUT2D eigenvalue weighted by molar-refractivity contribution is 0.0651. The largest absolute Gasteiger partial charge is 0.390 e. The molecule has 1 aromatic rings. The van der Waals surface area contributed by atoms with E-state index in [1.54, 1.807) is 24.7 Å². The van der Waals surface area contributed by atoms with Crippen LogP contribution in [0.15, 0.2) is 6.20 Å². The fraction of sp³-hybridized carbons (Fsp3) is 0.667. The molecule has 3 nitrogen and oxygen atoms in total. The maximum absolute atomic E-state index is 9.48. The summed E-state index contributed by atoms with van der Waals surface area (Å²) in [5.41, 5.74) is 0.184. The highest BCUT2D eigenvalue weighted by molar-refractivity contribution is 6.31. The Labute approximate surface area is 83.3 Å². The maximum Gasteiger partial charge on any atom is 0.0814 e. The van der Waals surface area contributed by atoms with Crippen molar-refractivity contribution in [3.8, 4) is 0 Å². The zero-order valence-electron chi connectivity index (χ0n) is 8.21. The predicted molar refractivity (Wildman–Crippen MR) is 52.9 cm³/mol. The van der Waals surface area contributed by atoms with Gasteiger partial charge in [0.05, 0.1) is 16.3 Å². The molecule has 0 bridgehead atoms. The summed E-state index contributed by atoms with van der Waals surface area (Å²) in [6, 6.07) is 0. The average molecular weight is 203 g/mol. The molecule has 0 saturated heterocycles. The second kappa shape index (κ2) is 3.68. The third kappa shape index (κ3) is 3.36. The number of hydrogen-bond donors (Lipinski definition) is 1. The highest BCUT2D eigenvalue weighted by atomic mass is 35.5. The molecule has 0 unspecified atom stereocenters. The number of aromatic nitrogens is 2. The molecule has 1 heterocycles. The molecule has 0 radical (unpaired) electrons. The molecule has 1 rings (SSSR count). The van der Waals surface area contributed by atoms with Gasteiger partial charge in [-0.2, -0.15) is 5.10 Å². The van der Waals surface area contributed by atoms with Crippen molar-refractivity contribution in [1.29, 1.82) is 0 Å². The molecular formula is C9H15ClN2O. The molecule has 1 aromatic heterocycles. The van der Waals surface area contributed by atoms with Gasteiger partial charge in [-0.05, 0) is 27.2 Å². The van der Waals surface area contributed by atoms with Crippen LogP contribution in [0.5, 0.6) is 0 Å². The molecule has 0 fully saturated rings. The first kappa shape index (κ1) is 10.5. The van der Waals surface area contributed by atoms with Crippen LogP contribution in [0.2, 0.25) is 5.02 Å². The molecule has 0 atom stereocenters. The highest BCUT2D eigenvalue weighted by Crippen LogP contribution is 2.14. The van der Waals surface area contributed by atoms with E-state index in [2.05, 4.69) is 5.10 Å². The molecular weight excluding hydrogens is 188 g/mol. The number of nitrogens with zero attached hydrogens (tertiary/aromatic N) is 2. The third-order valence-corrected chi connectivity index (χ3v) is 2.21. The molecule has 0 aliphatic heterocycles. The molecule has 74 valence electrons. The van der Waals surface area contributed by atoms with Crippen LogP contribution in [0.25, 0.3) is 0 Å². The van der Waals surface area contributed by atoms with Crippen LogP contribution in [-0.4, -0.2) is 20.5 Å². The van der Waals surface area contributed by atoms with E-state index < -0.39 is 5.60 Å². The number of aliphatic hydroxyl groups is 1. The maximum atomic E-state index is 9.48. The Balaban J connectivity index is 2.56. The average Bonchev–Trinajstić information content (AvgIpc) is 2.27. The summed E-state index contributed by atoms with van der Waals surface area (Å²) in [4.78, 5) is 0. The predicted octanol–water partition coefficient (Wildman–Crippen LogP) is 2.01. The minimum absolute atomic E-state index is 0.646. The molecule has 0 aliphatic rings. The van der Waals surface area contributed by atoms with Gasteiger partial charge < -0.3 is 5.11 Å². The van der Waals surface area contributed by atoms with Crippen molar-refractivity contribution in [2.24, 2.45) is 0 Å². The quantitative estimate of drug-likeness (QED) is 0.815. The van der Waals surface area contributed by atoms with Gasteiger partial charge in [0.15, 0.2) is 0 Å². The molecule has 13 heavy (non-hydrogen) atoms. The van der Waals surface area contributed by atoms with E-state index in [1.807, 2.05) is 6.92 Å². The summed E-state index contributed by atoms with van der Waals surface area (Å²) < 4.78 is 1.76. The van der Waals surface area contributed by atoms with Crippen LogP contribution in [0.4, 0.5) is 0 Å². The van der Waals surface area contributed by atoms with Crippen molar-refractivity contribution in [3.05, 3.63) is 16.9 Å².